The van der Waals surface area contributed by atoms with Crippen LogP contribution in [0.4, 0.5) is 24.7 Å². The summed E-state index contributed by atoms with van der Waals surface area (Å²) >= 11 is 0. The lowest BCUT2D eigenvalue weighted by Crippen LogP contribution is -2.40. The number of halogens is 3. The van der Waals surface area contributed by atoms with Gasteiger partial charge in [0.25, 0.3) is 5.69 Å². The molecule has 0 saturated carbocycles. The van der Waals surface area contributed by atoms with Gasteiger partial charge in [-0.3, -0.25) is 10.1 Å². The van der Waals surface area contributed by atoms with Crippen LogP contribution < -0.4 is 5.32 Å². The van der Waals surface area contributed by atoms with Gasteiger partial charge in [0.05, 0.1) is 10.5 Å². The molecule has 0 bridgehead atoms. The van der Waals surface area contributed by atoms with Crippen LogP contribution in [0.25, 0.3) is 0 Å². The zero-order chi connectivity index (χ0) is 19.5. The predicted octanol–water partition coefficient (Wildman–Crippen LogP) is 4.17. The molecule has 1 aromatic carbocycles. The monoisotopic (exact) mass is 381 g/mol. The number of ether oxygens (including phenoxy) is 1. The SMILES string of the molecule is O=[N+]([O-])c1ccc(NCC2(c3cccc(C(F)(F)F)c3)CCOCC2)nc1. The molecule has 1 N–H and O–H groups in total. The highest BCUT2D eigenvalue weighted by Crippen LogP contribution is 2.38. The largest absolute Gasteiger partial charge is 0.416 e. The van der Waals surface area contributed by atoms with Gasteiger partial charge >= 0.3 is 6.18 Å². The van der Waals surface area contributed by atoms with Gasteiger partial charge in [0.2, 0.25) is 0 Å². The summed E-state index contributed by atoms with van der Waals surface area (Å²) in [5.74, 6) is 0.429. The molecule has 0 spiro atoms. The minimum Gasteiger partial charge on any atom is -0.381 e. The molecule has 144 valence electrons. The van der Waals surface area contributed by atoms with Crippen molar-refractivity contribution in [3.8, 4) is 0 Å². The van der Waals surface area contributed by atoms with E-state index in [2.05, 4.69) is 10.3 Å². The summed E-state index contributed by atoms with van der Waals surface area (Å²) in [6, 6.07) is 8.18. The highest BCUT2D eigenvalue weighted by Gasteiger charge is 2.37. The fourth-order valence-corrected chi connectivity index (χ4v) is 3.21. The Morgan fingerprint density at radius 1 is 1.22 bits per heavy atom. The first-order valence-electron chi connectivity index (χ1n) is 8.40. The molecule has 0 unspecified atom stereocenters. The summed E-state index contributed by atoms with van der Waals surface area (Å²) in [5, 5.41) is 13.8. The van der Waals surface area contributed by atoms with Crippen LogP contribution in [0.1, 0.15) is 24.0 Å². The number of anilines is 1. The predicted molar refractivity (Wildman–Crippen MR) is 92.6 cm³/mol. The van der Waals surface area contributed by atoms with Gasteiger partial charge in [0.1, 0.15) is 12.0 Å². The highest BCUT2D eigenvalue weighted by atomic mass is 19.4. The number of aromatic nitrogens is 1. The Balaban J connectivity index is 1.84. The van der Waals surface area contributed by atoms with Gasteiger partial charge in [-0.05, 0) is 30.5 Å². The lowest BCUT2D eigenvalue weighted by molar-refractivity contribution is -0.385. The second-order valence-electron chi connectivity index (χ2n) is 6.48. The van der Waals surface area contributed by atoms with Gasteiger partial charge in [0.15, 0.2) is 0 Å². The summed E-state index contributed by atoms with van der Waals surface area (Å²) in [7, 11) is 0. The summed E-state index contributed by atoms with van der Waals surface area (Å²) in [6.45, 7) is 1.25. The lowest BCUT2D eigenvalue weighted by Gasteiger charge is -2.38. The van der Waals surface area contributed by atoms with Gasteiger partial charge in [0, 0.05) is 31.2 Å². The van der Waals surface area contributed by atoms with Crippen LogP contribution in [0.5, 0.6) is 0 Å². The molecular formula is C18H18F3N3O3. The van der Waals surface area contributed by atoms with Crippen molar-refractivity contribution in [3.05, 3.63) is 63.8 Å². The van der Waals surface area contributed by atoms with E-state index in [4.69, 9.17) is 4.74 Å². The van der Waals surface area contributed by atoms with Crippen LogP contribution in [0.15, 0.2) is 42.6 Å². The molecule has 6 nitrogen and oxygen atoms in total. The molecule has 0 amide bonds. The zero-order valence-corrected chi connectivity index (χ0v) is 14.3. The molecule has 2 heterocycles. The van der Waals surface area contributed by atoms with Crippen molar-refractivity contribution in [2.45, 2.75) is 24.4 Å². The molecule has 9 heteroatoms. The zero-order valence-electron chi connectivity index (χ0n) is 14.3. The van der Waals surface area contributed by atoms with E-state index < -0.39 is 22.1 Å². The number of alkyl halides is 3. The van der Waals surface area contributed by atoms with Crippen molar-refractivity contribution >= 4 is 11.5 Å². The van der Waals surface area contributed by atoms with Crippen LogP contribution in [-0.4, -0.2) is 29.7 Å². The normalized spacial score (nSPS) is 16.7. The third kappa shape index (κ3) is 4.36. The summed E-state index contributed by atoms with van der Waals surface area (Å²) in [6.07, 6.45) is -2.14. The van der Waals surface area contributed by atoms with Crippen molar-refractivity contribution in [2.75, 3.05) is 25.1 Å². The Morgan fingerprint density at radius 3 is 2.56 bits per heavy atom. The van der Waals surface area contributed by atoms with Gasteiger partial charge in [-0.1, -0.05) is 18.2 Å². The average molecular weight is 381 g/mol. The van der Waals surface area contributed by atoms with E-state index in [-0.39, 0.29) is 5.69 Å². The van der Waals surface area contributed by atoms with Gasteiger partial charge < -0.3 is 10.1 Å². The maximum atomic E-state index is 13.1. The van der Waals surface area contributed by atoms with Crippen LogP contribution in [0.2, 0.25) is 0 Å². The smallest absolute Gasteiger partial charge is 0.381 e. The highest BCUT2D eigenvalue weighted by molar-refractivity contribution is 5.42. The van der Waals surface area contributed by atoms with E-state index in [9.17, 15) is 23.3 Å². The summed E-state index contributed by atoms with van der Waals surface area (Å²) < 4.78 is 44.7. The van der Waals surface area contributed by atoms with Crippen LogP contribution in [0, 0.1) is 10.1 Å². The number of benzene rings is 1. The van der Waals surface area contributed by atoms with E-state index >= 15 is 0 Å². The quantitative estimate of drug-likeness (QED) is 0.621. The maximum absolute atomic E-state index is 13.1. The van der Waals surface area contributed by atoms with Crippen LogP contribution in [-0.2, 0) is 16.3 Å². The topological polar surface area (TPSA) is 77.3 Å². The van der Waals surface area contributed by atoms with Gasteiger partial charge in [-0.2, -0.15) is 13.2 Å². The molecule has 1 fully saturated rings. The molecule has 27 heavy (non-hydrogen) atoms. The van der Waals surface area contributed by atoms with E-state index in [1.54, 1.807) is 6.07 Å². The minimum atomic E-state index is -4.41. The average Bonchev–Trinajstić information content (AvgIpc) is 2.67. The third-order valence-corrected chi connectivity index (χ3v) is 4.82. The van der Waals surface area contributed by atoms with E-state index in [0.717, 1.165) is 12.3 Å². The second kappa shape index (κ2) is 7.51. The molecule has 3 rings (SSSR count). The Morgan fingerprint density at radius 2 is 1.96 bits per heavy atom. The standard InChI is InChI=1S/C18H18F3N3O3/c19-18(20,21)14-3-1-2-13(10-14)17(6-8-27-9-7-17)12-23-16-5-4-15(11-22-16)24(25)26/h1-5,10-11H,6-9,12H2,(H,22,23). The van der Waals surface area contributed by atoms with E-state index in [0.29, 0.717) is 44.0 Å². The summed E-state index contributed by atoms with van der Waals surface area (Å²) in [5.41, 5.74) is -0.753. The van der Waals surface area contributed by atoms with Crippen molar-refractivity contribution in [2.24, 2.45) is 0 Å². The number of nitrogens with zero attached hydrogens (tertiary/aromatic N) is 2. The Kier molecular flexibility index (Phi) is 5.31. The Hall–Kier alpha value is -2.68. The number of hydrogen-bond acceptors (Lipinski definition) is 5. The third-order valence-electron chi connectivity index (χ3n) is 4.82. The fourth-order valence-electron chi connectivity index (χ4n) is 3.21. The molecular weight excluding hydrogens is 363 g/mol. The number of nitro groups is 1. The number of rotatable bonds is 5. The molecule has 1 saturated heterocycles. The van der Waals surface area contributed by atoms with Gasteiger partial charge in [-0.15, -0.1) is 0 Å². The minimum absolute atomic E-state index is 0.126. The number of hydrogen-bond donors (Lipinski definition) is 1. The van der Waals surface area contributed by atoms with E-state index in [1.165, 1.54) is 24.3 Å². The Labute approximate surface area is 153 Å². The maximum Gasteiger partial charge on any atom is 0.416 e. The Bertz CT molecular complexity index is 803. The van der Waals surface area contributed by atoms with Crippen molar-refractivity contribution in [1.29, 1.82) is 0 Å². The first-order valence-corrected chi connectivity index (χ1v) is 8.40. The number of nitrogens with one attached hydrogen (secondary N) is 1. The number of pyridine rings is 1. The lowest BCUT2D eigenvalue weighted by atomic mass is 9.73. The molecule has 1 aliphatic heterocycles. The van der Waals surface area contributed by atoms with Crippen LogP contribution in [0.3, 0.4) is 0 Å². The summed E-state index contributed by atoms with van der Waals surface area (Å²) in [4.78, 5) is 14.2. The molecule has 1 aromatic heterocycles. The van der Waals surface area contributed by atoms with Crippen molar-refractivity contribution < 1.29 is 22.8 Å². The molecule has 0 aliphatic carbocycles. The molecule has 0 radical (unpaired) electrons. The fraction of sp³-hybridized carbons (Fsp3) is 0.389. The first-order chi connectivity index (χ1) is 12.8. The second-order valence-corrected chi connectivity index (χ2v) is 6.48. The molecule has 1 aliphatic rings. The van der Waals surface area contributed by atoms with Crippen LogP contribution >= 0.6 is 0 Å². The van der Waals surface area contributed by atoms with Crippen molar-refractivity contribution in [1.82, 2.24) is 4.98 Å². The molecule has 0 atom stereocenters. The first kappa shape index (κ1) is 19.1. The van der Waals surface area contributed by atoms with E-state index in [1.807, 2.05) is 0 Å². The van der Waals surface area contributed by atoms with Gasteiger partial charge in [-0.25, -0.2) is 4.98 Å². The van der Waals surface area contributed by atoms with Crippen molar-refractivity contribution in [3.63, 3.8) is 0 Å². The molecule has 2 aromatic rings.